The van der Waals surface area contributed by atoms with Crippen molar-refractivity contribution in [2.45, 2.75) is 252 Å². The van der Waals surface area contributed by atoms with E-state index in [-0.39, 0.29) is 0 Å². The van der Waals surface area contributed by atoms with E-state index in [1.807, 2.05) is 0 Å². The highest BCUT2D eigenvalue weighted by Gasteiger charge is 2.08. The zero-order valence-electron chi connectivity index (χ0n) is 29.0. The highest BCUT2D eigenvalue weighted by Crippen LogP contribution is 2.24. The largest absolute Gasteiger partial charge is 0.0654 e. The van der Waals surface area contributed by atoms with Crippen LogP contribution in [0.3, 0.4) is 0 Å². The lowest BCUT2D eigenvalue weighted by molar-refractivity contribution is 0.367. The van der Waals surface area contributed by atoms with Crippen LogP contribution in [0.2, 0.25) is 0 Å². The lowest BCUT2D eigenvalue weighted by Gasteiger charge is -2.17. The predicted molar refractivity (Wildman–Crippen MR) is 187 cm³/mol. The van der Waals surface area contributed by atoms with Crippen LogP contribution in [0.1, 0.15) is 252 Å². The van der Waals surface area contributed by atoms with Gasteiger partial charge in [-0.25, -0.2) is 0 Å². The topological polar surface area (TPSA) is 0 Å². The second kappa shape index (κ2) is 37.0. The number of rotatable bonds is 36. The molecule has 0 heteroatoms. The molecule has 0 aromatic heterocycles. The molecule has 0 rings (SSSR count). The van der Waals surface area contributed by atoms with Gasteiger partial charge >= 0.3 is 0 Å². The van der Waals surface area contributed by atoms with Crippen LogP contribution in [0.15, 0.2) is 0 Å². The fraction of sp³-hybridized carbons (Fsp3) is 1.00. The van der Waals surface area contributed by atoms with E-state index in [4.69, 9.17) is 0 Å². The highest BCUT2D eigenvalue weighted by atomic mass is 14.1. The summed E-state index contributed by atoms with van der Waals surface area (Å²) < 4.78 is 0. The predicted octanol–water partition coefficient (Wildman–Crippen LogP) is 15.7. The summed E-state index contributed by atoms with van der Waals surface area (Å²) in [6.07, 6.45) is 53.3. The Balaban J connectivity index is 3.53. The number of unbranched alkanes of at least 4 members (excludes halogenated alkanes) is 30. The quantitative estimate of drug-likeness (QED) is 0.0666. The van der Waals surface area contributed by atoms with E-state index in [1.54, 1.807) is 0 Å². The summed E-state index contributed by atoms with van der Waals surface area (Å²) in [5, 5.41) is 0. The van der Waals surface area contributed by atoms with Gasteiger partial charge in [0.15, 0.2) is 0 Å². The molecule has 0 heterocycles. The van der Waals surface area contributed by atoms with Gasteiger partial charge in [0.2, 0.25) is 0 Å². The van der Waals surface area contributed by atoms with Crippen LogP contribution >= 0.6 is 0 Å². The standard InChI is InChI=1S/C40H82/c1-4-7-10-12-14-16-18-20-22-23-25-27-29-31-33-36-39-40(37-34-9-6-3)38-35-32-30-28-26-24-21-19-17-15-13-11-8-5-2/h40H,4-39H2,1-3H3. The first kappa shape index (κ1) is 40.0. The summed E-state index contributed by atoms with van der Waals surface area (Å²) in [4.78, 5) is 0. The molecular formula is C40H82. The monoisotopic (exact) mass is 563 g/mol. The lowest BCUT2D eigenvalue weighted by atomic mass is 9.89. The molecule has 0 aliphatic carbocycles. The third kappa shape index (κ3) is 34.2. The Hall–Kier alpha value is 0. The van der Waals surface area contributed by atoms with Gasteiger partial charge in [0, 0.05) is 0 Å². The third-order valence-electron chi connectivity index (χ3n) is 9.65. The third-order valence-corrected chi connectivity index (χ3v) is 9.65. The summed E-state index contributed by atoms with van der Waals surface area (Å²) in [6, 6.07) is 0. The zero-order chi connectivity index (χ0) is 29.0. The van der Waals surface area contributed by atoms with Gasteiger partial charge in [-0.05, 0) is 5.92 Å². The maximum atomic E-state index is 2.36. The zero-order valence-corrected chi connectivity index (χ0v) is 29.0. The first-order chi connectivity index (χ1) is 19.8. The van der Waals surface area contributed by atoms with Crippen molar-refractivity contribution in [3.05, 3.63) is 0 Å². The van der Waals surface area contributed by atoms with E-state index in [1.165, 1.54) is 231 Å². The van der Waals surface area contributed by atoms with Crippen LogP contribution in [0, 0.1) is 5.92 Å². The van der Waals surface area contributed by atoms with Crippen molar-refractivity contribution in [1.82, 2.24) is 0 Å². The average Bonchev–Trinajstić information content (AvgIpc) is 2.96. The van der Waals surface area contributed by atoms with Crippen molar-refractivity contribution in [1.29, 1.82) is 0 Å². The molecule has 0 aromatic carbocycles. The van der Waals surface area contributed by atoms with E-state index in [0.717, 1.165) is 5.92 Å². The summed E-state index contributed by atoms with van der Waals surface area (Å²) in [7, 11) is 0. The van der Waals surface area contributed by atoms with Gasteiger partial charge in [0.05, 0.1) is 0 Å². The molecule has 0 nitrogen and oxygen atoms in total. The lowest BCUT2D eigenvalue weighted by Crippen LogP contribution is -2.01. The van der Waals surface area contributed by atoms with Crippen molar-refractivity contribution in [3.8, 4) is 0 Å². The Morgan fingerprint density at radius 1 is 0.200 bits per heavy atom. The molecule has 1 atom stereocenters. The summed E-state index contributed by atoms with van der Waals surface area (Å²) in [6.45, 7) is 6.99. The fourth-order valence-electron chi connectivity index (χ4n) is 6.72. The molecule has 242 valence electrons. The van der Waals surface area contributed by atoms with E-state index in [9.17, 15) is 0 Å². The molecule has 0 radical (unpaired) electrons. The van der Waals surface area contributed by atoms with Crippen molar-refractivity contribution >= 4 is 0 Å². The van der Waals surface area contributed by atoms with Crippen LogP contribution in [0.5, 0.6) is 0 Å². The SMILES string of the molecule is CCCCCCCCCCCCCCCCCCC(CCCCC)CCCCCCCCCCCCCCCC. The van der Waals surface area contributed by atoms with Crippen LogP contribution in [-0.4, -0.2) is 0 Å². The van der Waals surface area contributed by atoms with Gasteiger partial charge in [-0.3, -0.25) is 0 Å². The van der Waals surface area contributed by atoms with Gasteiger partial charge < -0.3 is 0 Å². The van der Waals surface area contributed by atoms with E-state index in [0.29, 0.717) is 0 Å². The van der Waals surface area contributed by atoms with Gasteiger partial charge in [0.1, 0.15) is 0 Å². The van der Waals surface area contributed by atoms with Crippen LogP contribution in [0.25, 0.3) is 0 Å². The van der Waals surface area contributed by atoms with Gasteiger partial charge in [0.25, 0.3) is 0 Å². The van der Waals surface area contributed by atoms with Crippen LogP contribution in [0.4, 0.5) is 0 Å². The summed E-state index contributed by atoms with van der Waals surface area (Å²) >= 11 is 0. The van der Waals surface area contributed by atoms with Crippen molar-refractivity contribution in [2.24, 2.45) is 5.92 Å². The molecule has 0 bridgehead atoms. The van der Waals surface area contributed by atoms with Gasteiger partial charge in [-0.2, -0.15) is 0 Å². The first-order valence-corrected chi connectivity index (χ1v) is 19.8. The number of hydrogen-bond acceptors (Lipinski definition) is 0. The molecule has 0 spiro atoms. The minimum Gasteiger partial charge on any atom is -0.0654 e. The van der Waals surface area contributed by atoms with E-state index in [2.05, 4.69) is 20.8 Å². The Bertz CT molecular complexity index is 412. The molecule has 0 saturated carbocycles. The van der Waals surface area contributed by atoms with Gasteiger partial charge in [-0.15, -0.1) is 0 Å². The smallest absolute Gasteiger partial charge is 0.0414 e. The van der Waals surface area contributed by atoms with Crippen molar-refractivity contribution in [2.75, 3.05) is 0 Å². The van der Waals surface area contributed by atoms with Crippen molar-refractivity contribution < 1.29 is 0 Å². The second-order valence-corrected chi connectivity index (χ2v) is 13.8. The first-order valence-electron chi connectivity index (χ1n) is 19.8. The fourth-order valence-corrected chi connectivity index (χ4v) is 6.72. The molecule has 0 aromatic rings. The Morgan fingerprint density at radius 2 is 0.350 bits per heavy atom. The highest BCUT2D eigenvalue weighted by molar-refractivity contribution is 4.62. The van der Waals surface area contributed by atoms with E-state index >= 15 is 0 Å². The maximum absolute atomic E-state index is 2.36. The Labute approximate surface area is 257 Å². The normalized spacial score (nSPS) is 12.4. The van der Waals surface area contributed by atoms with Crippen LogP contribution in [-0.2, 0) is 0 Å². The summed E-state index contributed by atoms with van der Waals surface area (Å²) in [5.41, 5.74) is 0. The minimum absolute atomic E-state index is 1.04. The molecular weight excluding hydrogens is 480 g/mol. The van der Waals surface area contributed by atoms with Gasteiger partial charge in [-0.1, -0.05) is 252 Å². The number of hydrogen-bond donors (Lipinski definition) is 0. The summed E-state index contributed by atoms with van der Waals surface area (Å²) in [5.74, 6) is 1.04. The molecule has 0 aliphatic rings. The second-order valence-electron chi connectivity index (χ2n) is 13.8. The average molecular weight is 563 g/mol. The molecule has 0 saturated heterocycles. The van der Waals surface area contributed by atoms with E-state index < -0.39 is 0 Å². The van der Waals surface area contributed by atoms with Crippen LogP contribution < -0.4 is 0 Å². The maximum Gasteiger partial charge on any atom is -0.0414 e. The Kier molecular flexibility index (Phi) is 37.0. The molecule has 1 unspecified atom stereocenters. The molecule has 0 amide bonds. The molecule has 0 fully saturated rings. The minimum atomic E-state index is 1.04. The Morgan fingerprint density at radius 3 is 0.575 bits per heavy atom. The van der Waals surface area contributed by atoms with Crippen molar-refractivity contribution in [3.63, 3.8) is 0 Å². The molecule has 40 heavy (non-hydrogen) atoms. The molecule has 0 aliphatic heterocycles. The molecule has 0 N–H and O–H groups in total.